The first-order valence-electron chi connectivity index (χ1n) is 5.06. The van der Waals surface area contributed by atoms with Crippen LogP contribution in [-0.2, 0) is 5.88 Å². The van der Waals surface area contributed by atoms with Crippen LogP contribution in [0, 0.1) is 6.92 Å². The van der Waals surface area contributed by atoms with E-state index in [0.717, 1.165) is 4.90 Å². The second-order valence-electron chi connectivity index (χ2n) is 3.61. The highest BCUT2D eigenvalue weighted by atomic mass is 35.5. The lowest BCUT2D eigenvalue weighted by molar-refractivity contribution is 0.793. The van der Waals surface area contributed by atoms with Crippen LogP contribution >= 0.6 is 23.4 Å². The molecule has 0 atom stereocenters. The first-order chi connectivity index (χ1) is 8.15. The van der Waals surface area contributed by atoms with Crippen LogP contribution in [0.3, 0.4) is 0 Å². The van der Waals surface area contributed by atoms with E-state index >= 15 is 0 Å². The van der Waals surface area contributed by atoms with E-state index in [4.69, 9.17) is 11.6 Å². The van der Waals surface area contributed by atoms with Crippen LogP contribution in [0.15, 0.2) is 46.3 Å². The number of thioether (sulfide) groups is 1. The predicted octanol–water partition coefficient (Wildman–Crippen LogP) is 2.95. The molecule has 0 fully saturated rings. The van der Waals surface area contributed by atoms with Crippen LogP contribution in [-0.4, -0.2) is 9.55 Å². The Bertz CT molecular complexity index is 583. The topological polar surface area (TPSA) is 34.9 Å². The summed E-state index contributed by atoms with van der Waals surface area (Å²) in [5.41, 5.74) is 0.918. The highest BCUT2D eigenvalue weighted by Gasteiger charge is 2.00. The minimum absolute atomic E-state index is 0.283. The molecule has 0 aliphatic rings. The molecule has 1 aromatic carbocycles. The van der Waals surface area contributed by atoms with Crippen molar-refractivity contribution in [2.24, 2.45) is 0 Å². The number of hydrogen-bond acceptors (Lipinski definition) is 3. The van der Waals surface area contributed by atoms with Gasteiger partial charge in [-0.1, -0.05) is 29.3 Å². The van der Waals surface area contributed by atoms with Crippen LogP contribution < -0.4 is 5.69 Å². The van der Waals surface area contributed by atoms with Gasteiger partial charge in [0.05, 0.1) is 17.1 Å². The van der Waals surface area contributed by atoms with E-state index < -0.39 is 0 Å². The lowest BCUT2D eigenvalue weighted by Gasteiger charge is -2.05. The van der Waals surface area contributed by atoms with Gasteiger partial charge < -0.3 is 0 Å². The van der Waals surface area contributed by atoms with Gasteiger partial charge in [0, 0.05) is 11.1 Å². The normalized spacial score (nSPS) is 10.5. The van der Waals surface area contributed by atoms with E-state index in [1.54, 1.807) is 18.0 Å². The van der Waals surface area contributed by atoms with E-state index in [9.17, 15) is 4.79 Å². The molecular formula is C12H11ClN2OS. The van der Waals surface area contributed by atoms with Gasteiger partial charge in [-0.05, 0) is 19.1 Å². The predicted molar refractivity (Wildman–Crippen MR) is 70.5 cm³/mol. The summed E-state index contributed by atoms with van der Waals surface area (Å²) in [6.45, 7) is 2.04. The van der Waals surface area contributed by atoms with Crippen molar-refractivity contribution in [1.29, 1.82) is 0 Å². The third kappa shape index (κ3) is 3.35. The minimum Gasteiger partial charge on any atom is -0.288 e. The monoisotopic (exact) mass is 266 g/mol. The fraction of sp³-hybridized carbons (Fsp3) is 0.167. The molecule has 2 rings (SSSR count). The Morgan fingerprint density at radius 2 is 2.29 bits per heavy atom. The first-order valence-corrected chi connectivity index (χ1v) is 6.43. The zero-order chi connectivity index (χ0) is 12.3. The van der Waals surface area contributed by atoms with Crippen LogP contribution in [0.25, 0.3) is 0 Å². The number of rotatable bonds is 3. The largest absolute Gasteiger partial charge is 0.348 e. The van der Waals surface area contributed by atoms with E-state index in [0.29, 0.717) is 10.9 Å². The van der Waals surface area contributed by atoms with Crippen molar-refractivity contribution in [2.75, 3.05) is 0 Å². The Morgan fingerprint density at radius 3 is 3.06 bits per heavy atom. The molecule has 0 aliphatic carbocycles. The van der Waals surface area contributed by atoms with Gasteiger partial charge in [-0.15, -0.1) is 11.8 Å². The molecule has 0 N–H and O–H groups in total. The molecule has 17 heavy (non-hydrogen) atoms. The summed E-state index contributed by atoms with van der Waals surface area (Å²) in [5.74, 6) is 0.510. The fourth-order valence-electron chi connectivity index (χ4n) is 1.37. The molecular weight excluding hydrogens is 256 g/mol. The second kappa shape index (κ2) is 5.38. The highest BCUT2D eigenvalue weighted by Crippen LogP contribution is 2.20. The molecule has 88 valence electrons. The molecule has 0 aliphatic heterocycles. The Labute approximate surface area is 108 Å². The summed E-state index contributed by atoms with van der Waals surface area (Å²) in [6.07, 6.45) is 2.96. The molecule has 0 unspecified atom stereocenters. The molecule has 1 aromatic heterocycles. The third-order valence-corrected chi connectivity index (χ3v) is 3.37. The average Bonchev–Trinajstić information content (AvgIpc) is 2.30. The van der Waals surface area contributed by atoms with E-state index in [1.165, 1.54) is 16.3 Å². The molecule has 0 radical (unpaired) electrons. The van der Waals surface area contributed by atoms with Gasteiger partial charge in [0.2, 0.25) is 0 Å². The summed E-state index contributed by atoms with van der Waals surface area (Å²) in [7, 11) is 0. The molecule has 1 heterocycles. The summed E-state index contributed by atoms with van der Waals surface area (Å²) >= 11 is 7.37. The van der Waals surface area contributed by atoms with Gasteiger partial charge in [0.1, 0.15) is 0 Å². The van der Waals surface area contributed by atoms with Gasteiger partial charge in [-0.3, -0.25) is 4.57 Å². The third-order valence-electron chi connectivity index (χ3n) is 2.18. The van der Waals surface area contributed by atoms with Crippen LogP contribution in [0.5, 0.6) is 0 Å². The Balaban J connectivity index is 2.12. The summed E-state index contributed by atoms with van der Waals surface area (Å²) in [4.78, 5) is 16.2. The Hall–Kier alpha value is -1.26. The second-order valence-corrected chi connectivity index (χ2v) is 5.07. The Kier molecular flexibility index (Phi) is 3.86. The van der Waals surface area contributed by atoms with E-state index in [1.807, 2.05) is 25.1 Å². The zero-order valence-corrected chi connectivity index (χ0v) is 10.8. The maximum atomic E-state index is 11.4. The number of halogens is 1. The average molecular weight is 267 g/mol. The number of nitrogens with zero attached hydrogens (tertiary/aromatic N) is 2. The molecule has 5 heteroatoms. The van der Waals surface area contributed by atoms with Crippen molar-refractivity contribution in [3.05, 3.63) is 57.7 Å². The number of hydrogen-bond donors (Lipinski definition) is 0. The van der Waals surface area contributed by atoms with Crippen molar-refractivity contribution < 1.29 is 0 Å². The van der Waals surface area contributed by atoms with Crippen LogP contribution in [0.1, 0.15) is 5.56 Å². The van der Waals surface area contributed by atoms with Gasteiger partial charge in [0.25, 0.3) is 0 Å². The summed E-state index contributed by atoms with van der Waals surface area (Å²) < 4.78 is 1.50. The van der Waals surface area contributed by atoms with Crippen LogP contribution in [0.4, 0.5) is 0 Å². The van der Waals surface area contributed by atoms with Crippen molar-refractivity contribution in [2.45, 2.75) is 17.7 Å². The van der Waals surface area contributed by atoms with Crippen molar-refractivity contribution >= 4 is 23.4 Å². The van der Waals surface area contributed by atoms with Crippen molar-refractivity contribution in [1.82, 2.24) is 9.55 Å². The smallest absolute Gasteiger partial charge is 0.288 e. The molecule has 0 saturated carbocycles. The minimum atomic E-state index is -0.283. The van der Waals surface area contributed by atoms with Crippen molar-refractivity contribution in [3.63, 3.8) is 0 Å². The lowest BCUT2D eigenvalue weighted by atomic mass is 10.2. The van der Waals surface area contributed by atoms with E-state index in [-0.39, 0.29) is 5.69 Å². The zero-order valence-electron chi connectivity index (χ0n) is 9.26. The number of benzene rings is 1. The molecule has 0 spiro atoms. The summed E-state index contributed by atoms with van der Waals surface area (Å²) in [6, 6.07) is 8.13. The van der Waals surface area contributed by atoms with Gasteiger partial charge in [-0.25, -0.2) is 4.79 Å². The molecule has 0 amide bonds. The standard InChI is InChI=1S/C12H11ClN2OS/c1-9-3-2-4-11(5-9)17-8-15-7-10(13)6-14-12(15)16/h2-7H,8H2,1H3. The first kappa shape index (κ1) is 12.2. The van der Waals surface area contributed by atoms with Crippen LogP contribution in [0.2, 0.25) is 5.02 Å². The molecule has 0 saturated heterocycles. The van der Waals surface area contributed by atoms with Gasteiger partial charge in [0.15, 0.2) is 0 Å². The fourth-order valence-corrected chi connectivity index (χ4v) is 2.45. The quantitative estimate of drug-likeness (QED) is 0.801. The lowest BCUT2D eigenvalue weighted by Crippen LogP contribution is -2.20. The molecule has 3 nitrogen and oxygen atoms in total. The van der Waals surface area contributed by atoms with Gasteiger partial charge >= 0.3 is 5.69 Å². The SMILES string of the molecule is Cc1cccc(SCn2cc(Cl)cnc2=O)c1. The number of aromatic nitrogens is 2. The molecule has 2 aromatic rings. The maximum Gasteiger partial charge on any atom is 0.348 e. The van der Waals surface area contributed by atoms with Gasteiger partial charge in [-0.2, -0.15) is 4.98 Å². The van der Waals surface area contributed by atoms with E-state index in [2.05, 4.69) is 11.1 Å². The summed E-state index contributed by atoms with van der Waals surface area (Å²) in [5, 5.41) is 0.467. The maximum absolute atomic E-state index is 11.4. The van der Waals surface area contributed by atoms with Crippen molar-refractivity contribution in [3.8, 4) is 0 Å². The number of aryl methyl sites for hydroxylation is 1. The molecule has 0 bridgehead atoms. The Morgan fingerprint density at radius 1 is 1.47 bits per heavy atom. The highest BCUT2D eigenvalue weighted by molar-refractivity contribution is 7.98.